The third kappa shape index (κ3) is 4.60. The van der Waals surface area contributed by atoms with Gasteiger partial charge in [0.2, 0.25) is 6.79 Å². The zero-order valence-electron chi connectivity index (χ0n) is 15.7. The van der Waals surface area contributed by atoms with E-state index in [1.807, 2.05) is 18.2 Å². The number of aromatic nitrogens is 2. The van der Waals surface area contributed by atoms with Crippen molar-refractivity contribution in [2.75, 3.05) is 18.7 Å². The van der Waals surface area contributed by atoms with E-state index in [2.05, 4.69) is 26.9 Å². The van der Waals surface area contributed by atoms with E-state index in [0.717, 1.165) is 36.3 Å². The topological polar surface area (TPSA) is 85.4 Å². The lowest BCUT2D eigenvalue weighted by molar-refractivity contribution is 0.0948. The van der Waals surface area contributed by atoms with Crippen LogP contribution in [0.25, 0.3) is 0 Å². The smallest absolute Gasteiger partial charge is 0.271 e. The summed E-state index contributed by atoms with van der Waals surface area (Å²) in [5, 5.41) is 14.2. The summed E-state index contributed by atoms with van der Waals surface area (Å²) in [7, 11) is 0. The minimum Gasteiger partial charge on any atom is -0.454 e. The predicted octanol–water partition coefficient (Wildman–Crippen LogP) is 3.44. The van der Waals surface area contributed by atoms with Crippen LogP contribution in [0.1, 0.15) is 48.2 Å². The van der Waals surface area contributed by atoms with Crippen LogP contribution in [0.4, 0.5) is 5.82 Å². The predicted molar refractivity (Wildman–Crippen MR) is 105 cm³/mol. The van der Waals surface area contributed by atoms with Crippen LogP contribution in [0, 0.1) is 0 Å². The molecule has 0 radical (unpaired) electrons. The van der Waals surface area contributed by atoms with Gasteiger partial charge in [-0.3, -0.25) is 4.79 Å². The van der Waals surface area contributed by atoms with Crippen molar-refractivity contribution in [3.63, 3.8) is 0 Å². The second kappa shape index (κ2) is 8.73. The highest BCUT2D eigenvalue weighted by atomic mass is 16.7. The number of carbonyl (C=O) groups excluding carboxylic acids is 1. The van der Waals surface area contributed by atoms with Gasteiger partial charge in [-0.1, -0.05) is 17.7 Å². The summed E-state index contributed by atoms with van der Waals surface area (Å²) in [6.07, 6.45) is 8.06. The number of benzene rings is 1. The molecule has 1 amide bonds. The Kier molecular flexibility index (Phi) is 5.70. The Bertz CT molecular complexity index is 864. The SMILES string of the molecule is O=C(NCCC1=CCCCC1)c1ccc(NCc2ccc3c(c2)OCO3)nn1. The third-order valence-electron chi connectivity index (χ3n) is 4.92. The molecule has 2 heterocycles. The number of carbonyl (C=O) groups is 1. The van der Waals surface area contributed by atoms with E-state index in [1.165, 1.54) is 18.4 Å². The molecule has 0 bridgehead atoms. The van der Waals surface area contributed by atoms with Gasteiger partial charge in [-0.05, 0) is 61.9 Å². The summed E-state index contributed by atoms with van der Waals surface area (Å²) in [4.78, 5) is 12.2. The molecule has 0 saturated heterocycles. The summed E-state index contributed by atoms with van der Waals surface area (Å²) in [6, 6.07) is 9.24. The lowest BCUT2D eigenvalue weighted by Crippen LogP contribution is -2.26. The van der Waals surface area contributed by atoms with Crippen LogP contribution in [0.15, 0.2) is 42.0 Å². The molecular weight excluding hydrogens is 356 g/mol. The summed E-state index contributed by atoms with van der Waals surface area (Å²) in [5.41, 5.74) is 2.82. The largest absolute Gasteiger partial charge is 0.454 e. The number of nitrogens with one attached hydrogen (secondary N) is 2. The van der Waals surface area contributed by atoms with E-state index in [1.54, 1.807) is 12.1 Å². The Labute approximate surface area is 164 Å². The van der Waals surface area contributed by atoms with Gasteiger partial charge in [0.1, 0.15) is 5.82 Å². The van der Waals surface area contributed by atoms with Gasteiger partial charge in [0, 0.05) is 13.1 Å². The van der Waals surface area contributed by atoms with Crippen molar-refractivity contribution in [3.05, 3.63) is 53.2 Å². The van der Waals surface area contributed by atoms with Crippen LogP contribution in [0.3, 0.4) is 0 Å². The third-order valence-corrected chi connectivity index (χ3v) is 4.92. The van der Waals surface area contributed by atoms with Crippen molar-refractivity contribution >= 4 is 11.7 Å². The second-order valence-electron chi connectivity index (χ2n) is 6.96. The standard InChI is InChI=1S/C21H24N4O3/c26-21(22-11-10-15-4-2-1-3-5-15)17-7-9-20(25-24-17)23-13-16-6-8-18-19(12-16)28-14-27-18/h4,6-9,12H,1-3,5,10-11,13-14H2,(H,22,26)(H,23,25). The highest BCUT2D eigenvalue weighted by Gasteiger charge is 2.13. The molecule has 1 aliphatic heterocycles. The number of allylic oxidation sites excluding steroid dienone is 1. The molecule has 28 heavy (non-hydrogen) atoms. The number of fused-ring (bicyclic) bond motifs is 1. The van der Waals surface area contributed by atoms with E-state index in [4.69, 9.17) is 9.47 Å². The molecule has 4 rings (SSSR count). The quantitative estimate of drug-likeness (QED) is 0.716. The average Bonchev–Trinajstić information content (AvgIpc) is 3.21. The number of amides is 1. The highest BCUT2D eigenvalue weighted by molar-refractivity contribution is 5.92. The van der Waals surface area contributed by atoms with Gasteiger partial charge in [-0.15, -0.1) is 10.2 Å². The normalized spacial score (nSPS) is 15.1. The first-order valence-electron chi connectivity index (χ1n) is 9.70. The van der Waals surface area contributed by atoms with Crippen LogP contribution in [0.5, 0.6) is 11.5 Å². The van der Waals surface area contributed by atoms with Crippen LogP contribution in [-0.2, 0) is 6.54 Å². The first kappa shape index (κ1) is 18.3. The van der Waals surface area contributed by atoms with Gasteiger partial charge >= 0.3 is 0 Å². The Balaban J connectivity index is 1.25. The van der Waals surface area contributed by atoms with E-state index in [9.17, 15) is 4.79 Å². The number of hydrogen-bond donors (Lipinski definition) is 2. The molecule has 2 aliphatic rings. The monoisotopic (exact) mass is 380 g/mol. The molecule has 0 unspecified atom stereocenters. The molecule has 146 valence electrons. The molecule has 0 spiro atoms. The summed E-state index contributed by atoms with van der Waals surface area (Å²) >= 11 is 0. The second-order valence-corrected chi connectivity index (χ2v) is 6.96. The van der Waals surface area contributed by atoms with Gasteiger partial charge in [-0.25, -0.2) is 0 Å². The van der Waals surface area contributed by atoms with Gasteiger partial charge in [0.05, 0.1) is 0 Å². The van der Waals surface area contributed by atoms with Gasteiger partial charge < -0.3 is 20.1 Å². The first-order valence-corrected chi connectivity index (χ1v) is 9.70. The molecule has 0 atom stereocenters. The van der Waals surface area contributed by atoms with Crippen LogP contribution in [0.2, 0.25) is 0 Å². The highest BCUT2D eigenvalue weighted by Crippen LogP contribution is 2.32. The van der Waals surface area contributed by atoms with E-state index >= 15 is 0 Å². The minimum atomic E-state index is -0.189. The lowest BCUT2D eigenvalue weighted by Gasteiger charge is -2.12. The molecular formula is C21H24N4O3. The Morgan fingerprint density at radius 2 is 2.00 bits per heavy atom. The van der Waals surface area contributed by atoms with Crippen molar-refractivity contribution in [2.24, 2.45) is 0 Å². The Hall–Kier alpha value is -3.09. The van der Waals surface area contributed by atoms with E-state index < -0.39 is 0 Å². The van der Waals surface area contributed by atoms with Crippen LogP contribution in [-0.4, -0.2) is 29.4 Å². The van der Waals surface area contributed by atoms with Crippen molar-refractivity contribution in [2.45, 2.75) is 38.6 Å². The van der Waals surface area contributed by atoms with E-state index in [0.29, 0.717) is 24.6 Å². The van der Waals surface area contributed by atoms with Gasteiger partial charge in [-0.2, -0.15) is 0 Å². The zero-order chi connectivity index (χ0) is 19.2. The average molecular weight is 380 g/mol. The van der Waals surface area contributed by atoms with Crippen molar-refractivity contribution in [3.8, 4) is 11.5 Å². The van der Waals surface area contributed by atoms with Crippen LogP contribution >= 0.6 is 0 Å². The zero-order valence-corrected chi connectivity index (χ0v) is 15.7. The first-order chi connectivity index (χ1) is 13.8. The van der Waals surface area contributed by atoms with E-state index in [-0.39, 0.29) is 12.7 Å². The van der Waals surface area contributed by atoms with Crippen molar-refractivity contribution < 1.29 is 14.3 Å². The van der Waals surface area contributed by atoms with Crippen molar-refractivity contribution in [1.29, 1.82) is 0 Å². The molecule has 1 aromatic carbocycles. The summed E-state index contributed by atoms with van der Waals surface area (Å²) < 4.78 is 10.7. The van der Waals surface area contributed by atoms with Gasteiger partial charge in [0.15, 0.2) is 17.2 Å². The summed E-state index contributed by atoms with van der Waals surface area (Å²) in [6.45, 7) is 1.47. The number of ether oxygens (including phenoxy) is 2. The maximum Gasteiger partial charge on any atom is 0.271 e. The molecule has 0 fully saturated rings. The number of anilines is 1. The fourth-order valence-electron chi connectivity index (χ4n) is 3.35. The molecule has 1 aromatic heterocycles. The van der Waals surface area contributed by atoms with Crippen molar-refractivity contribution in [1.82, 2.24) is 15.5 Å². The Morgan fingerprint density at radius 1 is 1.07 bits per heavy atom. The maximum absolute atomic E-state index is 12.2. The summed E-state index contributed by atoms with van der Waals surface area (Å²) in [5.74, 6) is 1.94. The molecule has 0 saturated carbocycles. The number of rotatable bonds is 7. The fourth-order valence-corrected chi connectivity index (χ4v) is 3.35. The minimum absolute atomic E-state index is 0.189. The van der Waals surface area contributed by atoms with Crippen LogP contribution < -0.4 is 20.1 Å². The molecule has 7 nitrogen and oxygen atoms in total. The van der Waals surface area contributed by atoms with Gasteiger partial charge in [0.25, 0.3) is 5.91 Å². The lowest BCUT2D eigenvalue weighted by atomic mass is 9.97. The molecule has 1 aliphatic carbocycles. The Morgan fingerprint density at radius 3 is 2.82 bits per heavy atom. The molecule has 2 N–H and O–H groups in total. The number of nitrogens with zero attached hydrogens (tertiary/aromatic N) is 2. The fraction of sp³-hybridized carbons (Fsp3) is 0.381. The number of hydrogen-bond acceptors (Lipinski definition) is 6. The molecule has 7 heteroatoms. The maximum atomic E-state index is 12.2. The molecule has 2 aromatic rings.